The molecule has 2 aliphatic rings. The lowest BCUT2D eigenvalue weighted by molar-refractivity contribution is -0.140. The van der Waals surface area contributed by atoms with Crippen molar-refractivity contribution in [1.29, 1.82) is 0 Å². The van der Waals surface area contributed by atoms with E-state index >= 15 is 0 Å². The zero-order valence-electron chi connectivity index (χ0n) is 11.9. The molecule has 1 aromatic rings. The van der Waals surface area contributed by atoms with E-state index in [1.807, 2.05) is 13.8 Å². The van der Waals surface area contributed by atoms with Crippen molar-refractivity contribution in [2.45, 2.75) is 61.3 Å². The minimum atomic E-state index is -0.211. The summed E-state index contributed by atoms with van der Waals surface area (Å²) in [7, 11) is 0. The molecule has 114 valence electrons. The summed E-state index contributed by atoms with van der Waals surface area (Å²) >= 11 is 2.77. The lowest BCUT2D eigenvalue weighted by atomic mass is 10.3. The summed E-state index contributed by atoms with van der Waals surface area (Å²) in [6.45, 7) is 3.74. The number of esters is 1. The van der Waals surface area contributed by atoms with Crippen molar-refractivity contribution in [2.75, 3.05) is 4.90 Å². The smallest absolute Gasteiger partial charge is 0.319 e. The molecule has 1 saturated carbocycles. The van der Waals surface area contributed by atoms with Crippen LogP contribution in [0.4, 0.5) is 5.13 Å². The Kier molecular flexibility index (Phi) is 4.17. The van der Waals surface area contributed by atoms with Crippen LogP contribution in [0.25, 0.3) is 0 Å². The van der Waals surface area contributed by atoms with Crippen molar-refractivity contribution in [2.24, 2.45) is 0 Å². The van der Waals surface area contributed by atoms with E-state index < -0.39 is 0 Å². The first kappa shape index (κ1) is 14.8. The highest BCUT2D eigenvalue weighted by Crippen LogP contribution is 2.39. The van der Waals surface area contributed by atoms with Gasteiger partial charge in [0.25, 0.3) is 0 Å². The number of thioether (sulfide) groups is 1. The van der Waals surface area contributed by atoms with Gasteiger partial charge in [0, 0.05) is 18.9 Å². The van der Waals surface area contributed by atoms with Crippen LogP contribution >= 0.6 is 23.1 Å². The average Bonchev–Trinajstić information content (AvgIpc) is 3.09. The number of cyclic esters (lactones) is 1. The second kappa shape index (κ2) is 5.92. The third-order valence-corrected chi connectivity index (χ3v) is 5.66. The lowest BCUT2D eigenvalue weighted by Crippen LogP contribution is -2.32. The van der Waals surface area contributed by atoms with E-state index in [1.165, 1.54) is 23.1 Å². The van der Waals surface area contributed by atoms with Gasteiger partial charge in [-0.2, -0.15) is 0 Å². The van der Waals surface area contributed by atoms with Crippen LogP contribution < -0.4 is 4.90 Å². The van der Waals surface area contributed by atoms with Gasteiger partial charge in [-0.1, -0.05) is 30.0 Å². The Labute approximate surface area is 131 Å². The number of carbonyl (C=O) groups is 2. The van der Waals surface area contributed by atoms with E-state index in [2.05, 4.69) is 10.2 Å². The summed E-state index contributed by atoms with van der Waals surface area (Å²) in [5.74, 6) is -0.105. The molecule has 1 aromatic heterocycles. The van der Waals surface area contributed by atoms with Gasteiger partial charge in [-0.3, -0.25) is 14.5 Å². The highest BCUT2D eigenvalue weighted by atomic mass is 32.2. The normalized spacial score (nSPS) is 25.0. The van der Waals surface area contributed by atoms with E-state index in [9.17, 15) is 9.59 Å². The minimum Gasteiger partial charge on any atom is -0.462 e. The van der Waals surface area contributed by atoms with Crippen LogP contribution in [0.5, 0.6) is 0 Å². The first-order chi connectivity index (χ1) is 10.1. The quantitative estimate of drug-likeness (QED) is 0.610. The molecular weight excluding hydrogens is 310 g/mol. The third-order valence-electron chi connectivity index (χ3n) is 3.45. The second-order valence-electron chi connectivity index (χ2n) is 5.29. The Balaban J connectivity index is 1.70. The van der Waals surface area contributed by atoms with Crippen molar-refractivity contribution in [3.63, 3.8) is 0 Å². The Morgan fingerprint density at radius 1 is 1.48 bits per heavy atom. The molecule has 8 heteroatoms. The van der Waals surface area contributed by atoms with E-state index in [-0.39, 0.29) is 29.3 Å². The number of carbonyl (C=O) groups excluding carboxylic acids is 2. The standard InChI is InChI=1S/C13H17N3O3S2/c1-3-10(17)16(8-4-5-8)12-14-15-13(21-12)20-9-6-7(2)19-11(9)18/h7-9H,3-6H2,1-2H3/t7-,9+/m0/s1. The van der Waals surface area contributed by atoms with Crippen LogP contribution in [0.2, 0.25) is 0 Å². The fraction of sp³-hybridized carbons (Fsp3) is 0.692. The maximum atomic E-state index is 12.0. The molecule has 1 saturated heterocycles. The van der Waals surface area contributed by atoms with Gasteiger partial charge in [-0.25, -0.2) is 0 Å². The Hall–Kier alpha value is -1.15. The predicted molar refractivity (Wildman–Crippen MR) is 80.5 cm³/mol. The average molecular weight is 327 g/mol. The SMILES string of the molecule is CCC(=O)N(c1nnc(S[C@@H]2C[C@H](C)OC2=O)s1)C1CC1. The van der Waals surface area contributed by atoms with E-state index in [0.29, 0.717) is 18.0 Å². The molecule has 0 radical (unpaired) electrons. The van der Waals surface area contributed by atoms with Gasteiger partial charge in [0.2, 0.25) is 11.0 Å². The van der Waals surface area contributed by atoms with Crippen molar-refractivity contribution in [1.82, 2.24) is 10.2 Å². The van der Waals surface area contributed by atoms with Crippen molar-refractivity contribution >= 4 is 40.1 Å². The molecule has 0 aromatic carbocycles. The fourth-order valence-corrected chi connectivity index (χ4v) is 4.54. The van der Waals surface area contributed by atoms with Gasteiger partial charge in [-0.15, -0.1) is 10.2 Å². The number of anilines is 1. The van der Waals surface area contributed by atoms with Gasteiger partial charge in [0.15, 0.2) is 4.34 Å². The molecule has 1 aliphatic heterocycles. The molecule has 3 rings (SSSR count). The summed E-state index contributed by atoms with van der Waals surface area (Å²) in [4.78, 5) is 25.4. The maximum Gasteiger partial charge on any atom is 0.319 e. The summed E-state index contributed by atoms with van der Waals surface area (Å²) in [6, 6.07) is 0.278. The first-order valence-electron chi connectivity index (χ1n) is 7.11. The van der Waals surface area contributed by atoms with E-state index in [1.54, 1.807) is 4.90 Å². The molecular formula is C13H17N3O3S2. The molecule has 2 heterocycles. The van der Waals surface area contributed by atoms with Crippen molar-refractivity contribution < 1.29 is 14.3 Å². The number of ether oxygens (including phenoxy) is 1. The molecule has 1 amide bonds. The highest BCUT2D eigenvalue weighted by Gasteiger charge is 2.37. The fourth-order valence-electron chi connectivity index (χ4n) is 2.25. The molecule has 0 N–H and O–H groups in total. The molecule has 2 atom stereocenters. The van der Waals surface area contributed by atoms with Gasteiger partial charge in [0.1, 0.15) is 11.4 Å². The molecule has 1 aliphatic carbocycles. The van der Waals surface area contributed by atoms with E-state index in [4.69, 9.17) is 4.74 Å². The summed E-state index contributed by atoms with van der Waals surface area (Å²) in [5, 5.41) is 8.68. The van der Waals surface area contributed by atoms with Crippen LogP contribution in [-0.2, 0) is 14.3 Å². The second-order valence-corrected chi connectivity index (χ2v) is 7.69. The number of aromatic nitrogens is 2. The van der Waals surface area contributed by atoms with Crippen LogP contribution in [0.3, 0.4) is 0 Å². The summed E-state index contributed by atoms with van der Waals surface area (Å²) < 4.78 is 5.85. The Bertz CT molecular complexity index is 559. The predicted octanol–water partition coefficient (Wildman–Crippen LogP) is 2.24. The first-order valence-corrected chi connectivity index (χ1v) is 8.80. The van der Waals surface area contributed by atoms with Crippen LogP contribution in [0.15, 0.2) is 4.34 Å². The number of rotatable bonds is 5. The molecule has 0 unspecified atom stereocenters. The molecule has 21 heavy (non-hydrogen) atoms. The Morgan fingerprint density at radius 2 is 2.24 bits per heavy atom. The largest absolute Gasteiger partial charge is 0.462 e. The van der Waals surface area contributed by atoms with Gasteiger partial charge in [-0.05, 0) is 19.8 Å². The topological polar surface area (TPSA) is 72.4 Å². The Morgan fingerprint density at radius 3 is 2.81 bits per heavy atom. The van der Waals surface area contributed by atoms with Crippen LogP contribution in [0.1, 0.15) is 39.5 Å². The van der Waals surface area contributed by atoms with Gasteiger partial charge in [0.05, 0.1) is 0 Å². The molecule has 6 nitrogen and oxygen atoms in total. The van der Waals surface area contributed by atoms with Gasteiger partial charge >= 0.3 is 5.97 Å². The number of amides is 1. The zero-order valence-corrected chi connectivity index (χ0v) is 13.6. The number of nitrogens with zero attached hydrogens (tertiary/aromatic N) is 3. The number of hydrogen-bond acceptors (Lipinski definition) is 7. The van der Waals surface area contributed by atoms with Crippen LogP contribution in [0, 0.1) is 0 Å². The van der Waals surface area contributed by atoms with Crippen molar-refractivity contribution in [3.05, 3.63) is 0 Å². The zero-order chi connectivity index (χ0) is 15.0. The highest BCUT2D eigenvalue weighted by molar-refractivity contribution is 8.02. The maximum absolute atomic E-state index is 12.0. The third kappa shape index (κ3) is 3.21. The van der Waals surface area contributed by atoms with Crippen LogP contribution in [-0.4, -0.2) is 39.5 Å². The molecule has 0 spiro atoms. The van der Waals surface area contributed by atoms with Crippen molar-refractivity contribution in [3.8, 4) is 0 Å². The lowest BCUT2D eigenvalue weighted by Gasteiger charge is -2.17. The summed E-state index contributed by atoms with van der Waals surface area (Å²) in [5.41, 5.74) is 0. The number of hydrogen-bond donors (Lipinski definition) is 0. The van der Waals surface area contributed by atoms with Gasteiger partial charge < -0.3 is 4.74 Å². The molecule has 0 bridgehead atoms. The summed E-state index contributed by atoms with van der Waals surface area (Å²) in [6.07, 6.45) is 3.18. The molecule has 2 fully saturated rings. The minimum absolute atomic E-state index is 0.0352. The monoisotopic (exact) mass is 327 g/mol. The van der Waals surface area contributed by atoms with E-state index in [0.717, 1.165) is 17.2 Å².